The SMILES string of the molecule is COc1ccc(-c2ccc(OC)nc2)c(C(=O)O)c1. The van der Waals surface area contributed by atoms with Gasteiger partial charge in [-0.15, -0.1) is 0 Å². The van der Waals surface area contributed by atoms with Crippen LogP contribution in [-0.4, -0.2) is 30.3 Å². The van der Waals surface area contributed by atoms with Crippen LogP contribution in [0.5, 0.6) is 11.6 Å². The van der Waals surface area contributed by atoms with Crippen LogP contribution in [0, 0.1) is 0 Å². The van der Waals surface area contributed by atoms with E-state index >= 15 is 0 Å². The molecule has 0 atom stereocenters. The summed E-state index contributed by atoms with van der Waals surface area (Å²) in [5, 5.41) is 9.25. The molecule has 0 saturated carbocycles. The zero-order valence-electron chi connectivity index (χ0n) is 10.6. The Balaban J connectivity index is 2.50. The Morgan fingerprint density at radius 3 is 2.47 bits per heavy atom. The number of hydrogen-bond acceptors (Lipinski definition) is 4. The minimum atomic E-state index is -1.01. The Labute approximate surface area is 110 Å². The number of aromatic carboxylic acids is 1. The van der Waals surface area contributed by atoms with Crippen molar-refractivity contribution in [3.8, 4) is 22.8 Å². The summed E-state index contributed by atoms with van der Waals surface area (Å²) in [6.07, 6.45) is 1.58. The van der Waals surface area contributed by atoms with Crippen molar-refractivity contribution in [2.45, 2.75) is 0 Å². The van der Waals surface area contributed by atoms with Gasteiger partial charge in [-0.25, -0.2) is 9.78 Å². The summed E-state index contributed by atoms with van der Waals surface area (Å²) in [5.74, 6) is -0.0264. The van der Waals surface area contributed by atoms with Crippen molar-refractivity contribution in [1.82, 2.24) is 4.98 Å². The first kappa shape index (κ1) is 12.9. The molecule has 0 aliphatic carbocycles. The van der Waals surface area contributed by atoms with E-state index < -0.39 is 5.97 Å². The van der Waals surface area contributed by atoms with Gasteiger partial charge in [0.25, 0.3) is 0 Å². The quantitative estimate of drug-likeness (QED) is 0.913. The van der Waals surface area contributed by atoms with Gasteiger partial charge in [-0.1, -0.05) is 0 Å². The number of nitrogens with zero attached hydrogens (tertiary/aromatic N) is 1. The highest BCUT2D eigenvalue weighted by Crippen LogP contribution is 2.27. The summed E-state index contributed by atoms with van der Waals surface area (Å²) in [7, 11) is 3.02. The fraction of sp³-hybridized carbons (Fsp3) is 0.143. The van der Waals surface area contributed by atoms with Gasteiger partial charge < -0.3 is 14.6 Å². The maximum absolute atomic E-state index is 11.3. The van der Waals surface area contributed by atoms with E-state index in [2.05, 4.69) is 4.98 Å². The summed E-state index contributed by atoms with van der Waals surface area (Å²) in [4.78, 5) is 15.4. The highest BCUT2D eigenvalue weighted by atomic mass is 16.5. The van der Waals surface area contributed by atoms with Crippen LogP contribution in [0.4, 0.5) is 0 Å². The first-order valence-electron chi connectivity index (χ1n) is 5.57. The zero-order valence-corrected chi connectivity index (χ0v) is 10.6. The zero-order chi connectivity index (χ0) is 13.8. The minimum absolute atomic E-state index is 0.173. The van der Waals surface area contributed by atoms with Crippen LogP contribution in [0.25, 0.3) is 11.1 Å². The third-order valence-corrected chi connectivity index (χ3v) is 2.71. The van der Waals surface area contributed by atoms with Crippen molar-refractivity contribution in [1.29, 1.82) is 0 Å². The van der Waals surface area contributed by atoms with Gasteiger partial charge >= 0.3 is 5.97 Å². The lowest BCUT2D eigenvalue weighted by atomic mass is 10.0. The van der Waals surface area contributed by atoms with Gasteiger partial charge in [0.15, 0.2) is 0 Å². The van der Waals surface area contributed by atoms with E-state index in [0.717, 1.165) is 0 Å². The van der Waals surface area contributed by atoms with E-state index in [1.54, 1.807) is 30.5 Å². The Kier molecular flexibility index (Phi) is 3.66. The molecule has 5 nitrogen and oxygen atoms in total. The lowest BCUT2D eigenvalue weighted by molar-refractivity contribution is 0.0697. The van der Waals surface area contributed by atoms with Crippen LogP contribution in [0.3, 0.4) is 0 Å². The van der Waals surface area contributed by atoms with E-state index in [4.69, 9.17) is 9.47 Å². The van der Waals surface area contributed by atoms with Crippen LogP contribution in [0.1, 0.15) is 10.4 Å². The highest BCUT2D eigenvalue weighted by molar-refractivity contribution is 5.96. The van der Waals surface area contributed by atoms with Crippen LogP contribution >= 0.6 is 0 Å². The van der Waals surface area contributed by atoms with Gasteiger partial charge in [-0.05, 0) is 29.8 Å². The minimum Gasteiger partial charge on any atom is -0.497 e. The third-order valence-electron chi connectivity index (χ3n) is 2.71. The molecular weight excluding hydrogens is 246 g/mol. The van der Waals surface area contributed by atoms with Crippen LogP contribution in [0.15, 0.2) is 36.5 Å². The second-order valence-electron chi connectivity index (χ2n) is 3.81. The molecule has 1 aromatic carbocycles. The van der Waals surface area contributed by atoms with Gasteiger partial charge in [0.1, 0.15) is 5.75 Å². The van der Waals surface area contributed by atoms with Gasteiger partial charge in [-0.3, -0.25) is 0 Å². The molecule has 19 heavy (non-hydrogen) atoms. The molecule has 0 bridgehead atoms. The fourth-order valence-electron chi connectivity index (χ4n) is 1.74. The van der Waals surface area contributed by atoms with Gasteiger partial charge in [0.2, 0.25) is 5.88 Å². The molecule has 0 unspecified atom stereocenters. The van der Waals surface area contributed by atoms with Gasteiger partial charge in [-0.2, -0.15) is 0 Å². The van der Waals surface area contributed by atoms with Gasteiger partial charge in [0, 0.05) is 17.8 Å². The number of benzene rings is 1. The van der Waals surface area contributed by atoms with Crippen LogP contribution < -0.4 is 9.47 Å². The summed E-state index contributed by atoms with van der Waals surface area (Å²) < 4.78 is 10.0. The van der Waals surface area contributed by atoms with E-state index in [1.807, 2.05) is 0 Å². The second-order valence-corrected chi connectivity index (χ2v) is 3.81. The molecule has 0 spiro atoms. The monoisotopic (exact) mass is 259 g/mol. The molecule has 0 aliphatic heterocycles. The molecule has 98 valence electrons. The Hall–Kier alpha value is -2.56. The summed E-state index contributed by atoms with van der Waals surface area (Å²) in [6.45, 7) is 0. The molecule has 0 amide bonds. The lowest BCUT2D eigenvalue weighted by Gasteiger charge is -2.08. The molecule has 1 N–H and O–H groups in total. The number of aromatic nitrogens is 1. The molecular formula is C14H13NO4. The average molecular weight is 259 g/mol. The molecule has 0 fully saturated rings. The third kappa shape index (κ3) is 2.65. The topological polar surface area (TPSA) is 68.7 Å². The second kappa shape index (κ2) is 5.39. The fourth-order valence-corrected chi connectivity index (χ4v) is 1.74. The number of ether oxygens (including phenoxy) is 2. The predicted molar refractivity (Wildman–Crippen MR) is 69.7 cm³/mol. The molecule has 2 rings (SSSR count). The Morgan fingerprint density at radius 2 is 1.95 bits per heavy atom. The van der Waals surface area contributed by atoms with Crippen molar-refractivity contribution in [3.63, 3.8) is 0 Å². The van der Waals surface area contributed by atoms with Crippen molar-refractivity contribution < 1.29 is 19.4 Å². The Morgan fingerprint density at radius 1 is 1.16 bits per heavy atom. The average Bonchev–Trinajstić information content (AvgIpc) is 2.46. The normalized spacial score (nSPS) is 10.0. The lowest BCUT2D eigenvalue weighted by Crippen LogP contribution is -2.00. The first-order chi connectivity index (χ1) is 9.15. The molecule has 2 aromatic rings. The van der Waals surface area contributed by atoms with Crippen molar-refractivity contribution in [2.24, 2.45) is 0 Å². The first-order valence-corrected chi connectivity index (χ1v) is 5.57. The maximum atomic E-state index is 11.3. The van der Waals surface area contributed by atoms with Crippen LogP contribution in [-0.2, 0) is 0 Å². The largest absolute Gasteiger partial charge is 0.497 e. The molecule has 0 radical (unpaired) electrons. The van der Waals surface area contributed by atoms with Crippen LogP contribution in [0.2, 0.25) is 0 Å². The van der Waals surface area contributed by atoms with E-state index in [-0.39, 0.29) is 5.56 Å². The predicted octanol–water partition coefficient (Wildman–Crippen LogP) is 2.46. The number of methoxy groups -OCH3 is 2. The van der Waals surface area contributed by atoms with Crippen molar-refractivity contribution in [2.75, 3.05) is 14.2 Å². The van der Waals surface area contributed by atoms with Crippen molar-refractivity contribution >= 4 is 5.97 Å². The molecule has 1 aromatic heterocycles. The molecule has 1 heterocycles. The molecule has 0 aliphatic rings. The number of carbonyl (C=O) groups is 1. The highest BCUT2D eigenvalue weighted by Gasteiger charge is 2.13. The summed E-state index contributed by atoms with van der Waals surface area (Å²) >= 11 is 0. The number of pyridine rings is 1. The summed E-state index contributed by atoms with van der Waals surface area (Å²) in [6, 6.07) is 8.35. The number of hydrogen-bond donors (Lipinski definition) is 1. The van der Waals surface area contributed by atoms with E-state index in [0.29, 0.717) is 22.8 Å². The van der Waals surface area contributed by atoms with E-state index in [9.17, 15) is 9.90 Å². The number of carboxylic acid groups (broad SMARTS) is 1. The maximum Gasteiger partial charge on any atom is 0.336 e. The Bertz CT molecular complexity index is 593. The smallest absolute Gasteiger partial charge is 0.336 e. The molecule has 5 heteroatoms. The van der Waals surface area contributed by atoms with Gasteiger partial charge in [0.05, 0.1) is 19.8 Å². The standard InChI is InChI=1S/C14H13NO4/c1-18-10-4-5-11(12(7-10)14(16)17)9-3-6-13(19-2)15-8-9/h3-8H,1-2H3,(H,16,17). The number of carboxylic acids is 1. The molecule has 0 saturated heterocycles. The van der Waals surface area contributed by atoms with Crippen molar-refractivity contribution in [3.05, 3.63) is 42.1 Å². The van der Waals surface area contributed by atoms with E-state index in [1.165, 1.54) is 20.3 Å². The summed E-state index contributed by atoms with van der Waals surface area (Å²) in [5.41, 5.74) is 1.47. The number of rotatable bonds is 4.